The maximum absolute atomic E-state index is 12.5. The van der Waals surface area contributed by atoms with E-state index in [0.29, 0.717) is 11.3 Å². The van der Waals surface area contributed by atoms with Crippen molar-refractivity contribution >= 4 is 17.8 Å². The molecule has 0 saturated heterocycles. The Balaban J connectivity index is 2.85. The molecule has 1 atom stereocenters. The van der Waals surface area contributed by atoms with Crippen LogP contribution < -0.4 is 15.4 Å². The van der Waals surface area contributed by atoms with Crippen LogP contribution in [0.5, 0.6) is 5.75 Å². The molecule has 0 bridgehead atoms. The van der Waals surface area contributed by atoms with Crippen molar-refractivity contribution < 1.29 is 24.2 Å². The summed E-state index contributed by atoms with van der Waals surface area (Å²) in [6.45, 7) is 6.61. The van der Waals surface area contributed by atoms with Crippen LogP contribution in [0.3, 0.4) is 0 Å². The predicted octanol–water partition coefficient (Wildman–Crippen LogP) is 1.68. The number of nitrogens with one attached hydrogen (secondary N) is 2. The Morgan fingerprint density at radius 2 is 1.80 bits per heavy atom. The van der Waals surface area contributed by atoms with E-state index in [1.54, 1.807) is 38.1 Å². The highest BCUT2D eigenvalue weighted by atomic mass is 16.5. The third-order valence-electron chi connectivity index (χ3n) is 3.87. The van der Waals surface area contributed by atoms with E-state index in [2.05, 4.69) is 10.6 Å². The molecule has 1 rings (SSSR count). The van der Waals surface area contributed by atoms with Gasteiger partial charge in [-0.05, 0) is 31.9 Å². The van der Waals surface area contributed by atoms with E-state index in [4.69, 9.17) is 9.84 Å². The van der Waals surface area contributed by atoms with Gasteiger partial charge in [-0.2, -0.15) is 0 Å². The average Bonchev–Trinajstić information content (AvgIpc) is 2.56. The van der Waals surface area contributed by atoms with Crippen molar-refractivity contribution in [3.8, 4) is 5.75 Å². The largest absolute Gasteiger partial charge is 0.496 e. The van der Waals surface area contributed by atoms with E-state index in [-0.39, 0.29) is 12.5 Å². The van der Waals surface area contributed by atoms with Crippen LogP contribution in [-0.4, -0.2) is 42.6 Å². The Hall–Kier alpha value is -2.57. The normalized spacial score (nSPS) is 12.4. The average molecular weight is 350 g/mol. The zero-order valence-corrected chi connectivity index (χ0v) is 15.3. The van der Waals surface area contributed by atoms with Crippen LogP contribution >= 0.6 is 0 Å². The third-order valence-corrected chi connectivity index (χ3v) is 3.87. The molecule has 7 heteroatoms. The number of hydrogen-bond donors (Lipinski definition) is 3. The number of carbonyl (C=O) groups excluding carboxylic acids is 2. The number of carboxylic acid groups (broad SMARTS) is 1. The molecule has 1 aromatic rings. The van der Waals surface area contributed by atoms with Crippen LogP contribution in [0.15, 0.2) is 24.3 Å². The first kappa shape index (κ1) is 20.5. The Morgan fingerprint density at radius 1 is 1.20 bits per heavy atom. The molecule has 7 nitrogen and oxygen atoms in total. The number of methoxy groups -OCH3 is 1. The molecular formula is C18H26N2O5. The Morgan fingerprint density at radius 3 is 2.32 bits per heavy atom. The van der Waals surface area contributed by atoms with E-state index < -0.39 is 29.2 Å². The van der Waals surface area contributed by atoms with Gasteiger partial charge in [0.25, 0.3) is 5.91 Å². The summed E-state index contributed by atoms with van der Waals surface area (Å²) in [6, 6.07) is 5.93. The second-order valence-corrected chi connectivity index (χ2v) is 6.80. The molecule has 138 valence electrons. The second kappa shape index (κ2) is 8.50. The molecular weight excluding hydrogens is 324 g/mol. The lowest BCUT2D eigenvalue weighted by molar-refractivity contribution is -0.146. The standard InChI is InChI=1S/C18H26N2O5/c1-11(2)14(16(22)19-10-18(3,4)17(23)24)20-15(21)12-8-6-7-9-13(12)25-5/h6-9,11,14H,10H2,1-5H3,(H,19,22)(H,20,21)(H,23,24). The molecule has 0 fully saturated rings. The zero-order chi connectivity index (χ0) is 19.2. The molecule has 0 aliphatic rings. The maximum atomic E-state index is 12.5. The van der Waals surface area contributed by atoms with Crippen LogP contribution in [-0.2, 0) is 9.59 Å². The number of benzene rings is 1. The summed E-state index contributed by atoms with van der Waals surface area (Å²) in [4.78, 5) is 36.0. The van der Waals surface area contributed by atoms with Gasteiger partial charge in [0.05, 0.1) is 18.1 Å². The highest BCUT2D eigenvalue weighted by molar-refractivity contribution is 5.99. The van der Waals surface area contributed by atoms with Gasteiger partial charge in [-0.15, -0.1) is 0 Å². The minimum absolute atomic E-state index is 0.0328. The summed E-state index contributed by atoms with van der Waals surface area (Å²) in [5.41, 5.74) is -0.765. The SMILES string of the molecule is COc1ccccc1C(=O)NC(C(=O)NCC(C)(C)C(=O)O)C(C)C. The highest BCUT2D eigenvalue weighted by Crippen LogP contribution is 2.18. The van der Waals surface area contributed by atoms with Gasteiger partial charge >= 0.3 is 5.97 Å². The first-order valence-corrected chi connectivity index (χ1v) is 8.05. The predicted molar refractivity (Wildman–Crippen MR) is 93.5 cm³/mol. The molecule has 3 N–H and O–H groups in total. The van der Waals surface area contributed by atoms with Crippen LogP contribution in [0.2, 0.25) is 0 Å². The number of ether oxygens (including phenoxy) is 1. The molecule has 0 radical (unpaired) electrons. The second-order valence-electron chi connectivity index (χ2n) is 6.80. The van der Waals surface area contributed by atoms with E-state index in [0.717, 1.165) is 0 Å². The van der Waals surface area contributed by atoms with Crippen molar-refractivity contribution in [2.75, 3.05) is 13.7 Å². The molecule has 0 aliphatic carbocycles. The van der Waals surface area contributed by atoms with Crippen molar-refractivity contribution in [1.82, 2.24) is 10.6 Å². The summed E-state index contributed by atoms with van der Waals surface area (Å²) in [6.07, 6.45) is 0. The molecule has 0 aromatic heterocycles. The number of amides is 2. The fraction of sp³-hybridized carbons (Fsp3) is 0.500. The Bertz CT molecular complexity index is 640. The van der Waals surface area contributed by atoms with Crippen LogP contribution in [0.1, 0.15) is 38.1 Å². The lowest BCUT2D eigenvalue weighted by Gasteiger charge is -2.25. The van der Waals surface area contributed by atoms with Crippen molar-refractivity contribution in [2.45, 2.75) is 33.7 Å². The number of rotatable bonds is 8. The van der Waals surface area contributed by atoms with Crippen LogP contribution in [0.25, 0.3) is 0 Å². The summed E-state index contributed by atoms with van der Waals surface area (Å²) in [7, 11) is 1.47. The monoisotopic (exact) mass is 350 g/mol. The summed E-state index contributed by atoms with van der Waals surface area (Å²) in [5.74, 6) is -1.62. The van der Waals surface area contributed by atoms with E-state index >= 15 is 0 Å². The summed E-state index contributed by atoms with van der Waals surface area (Å²) >= 11 is 0. The van der Waals surface area contributed by atoms with Gasteiger partial charge in [0.2, 0.25) is 5.91 Å². The summed E-state index contributed by atoms with van der Waals surface area (Å²) in [5, 5.41) is 14.4. The van der Waals surface area contributed by atoms with Crippen molar-refractivity contribution in [1.29, 1.82) is 0 Å². The number of carboxylic acids is 1. The Labute approximate surface area is 147 Å². The quantitative estimate of drug-likeness (QED) is 0.661. The smallest absolute Gasteiger partial charge is 0.310 e. The van der Waals surface area contributed by atoms with Gasteiger partial charge in [-0.25, -0.2) is 0 Å². The zero-order valence-electron chi connectivity index (χ0n) is 15.3. The van der Waals surface area contributed by atoms with E-state index in [9.17, 15) is 14.4 Å². The molecule has 1 aromatic carbocycles. The van der Waals surface area contributed by atoms with Gasteiger partial charge in [0, 0.05) is 6.54 Å². The van der Waals surface area contributed by atoms with Crippen LogP contribution in [0.4, 0.5) is 0 Å². The molecule has 0 aliphatic heterocycles. The molecule has 2 amide bonds. The van der Waals surface area contributed by atoms with Gasteiger partial charge in [0.1, 0.15) is 11.8 Å². The molecule has 25 heavy (non-hydrogen) atoms. The van der Waals surface area contributed by atoms with Gasteiger partial charge in [0.15, 0.2) is 0 Å². The Kier molecular flexibility index (Phi) is 6.97. The first-order valence-electron chi connectivity index (χ1n) is 8.05. The van der Waals surface area contributed by atoms with Crippen molar-refractivity contribution in [3.63, 3.8) is 0 Å². The number of aliphatic carboxylic acids is 1. The van der Waals surface area contributed by atoms with Gasteiger partial charge < -0.3 is 20.5 Å². The highest BCUT2D eigenvalue weighted by Gasteiger charge is 2.31. The van der Waals surface area contributed by atoms with E-state index in [1.807, 2.05) is 0 Å². The van der Waals surface area contributed by atoms with Crippen molar-refractivity contribution in [2.24, 2.45) is 11.3 Å². The fourth-order valence-electron chi connectivity index (χ4n) is 2.08. The molecule has 0 spiro atoms. The lowest BCUT2D eigenvalue weighted by atomic mass is 9.93. The topological polar surface area (TPSA) is 105 Å². The van der Waals surface area contributed by atoms with Gasteiger partial charge in [-0.1, -0.05) is 26.0 Å². The molecule has 0 saturated carbocycles. The lowest BCUT2D eigenvalue weighted by Crippen LogP contribution is -2.52. The van der Waals surface area contributed by atoms with Gasteiger partial charge in [-0.3, -0.25) is 14.4 Å². The number of carbonyl (C=O) groups is 3. The fourth-order valence-corrected chi connectivity index (χ4v) is 2.08. The molecule has 1 unspecified atom stereocenters. The minimum Gasteiger partial charge on any atom is -0.496 e. The summed E-state index contributed by atoms with van der Waals surface area (Å²) < 4.78 is 5.16. The van der Waals surface area contributed by atoms with Crippen LogP contribution in [0, 0.1) is 11.3 Å². The van der Waals surface area contributed by atoms with E-state index in [1.165, 1.54) is 21.0 Å². The first-order chi connectivity index (χ1) is 11.6. The maximum Gasteiger partial charge on any atom is 0.310 e. The van der Waals surface area contributed by atoms with Crippen molar-refractivity contribution in [3.05, 3.63) is 29.8 Å². The third kappa shape index (κ3) is 5.48. The minimum atomic E-state index is -1.09. The number of hydrogen-bond acceptors (Lipinski definition) is 4. The number of para-hydroxylation sites is 1. The molecule has 0 heterocycles.